The van der Waals surface area contributed by atoms with E-state index >= 15 is 0 Å². The Labute approximate surface area is 175 Å². The van der Waals surface area contributed by atoms with Crippen LogP contribution in [-0.4, -0.2) is 61.8 Å². The number of ether oxygens (including phenoxy) is 3. The van der Waals surface area contributed by atoms with Crippen LogP contribution in [0.3, 0.4) is 0 Å². The predicted molar refractivity (Wildman–Crippen MR) is 120 cm³/mol. The van der Waals surface area contributed by atoms with Gasteiger partial charge < -0.3 is 24.8 Å². The van der Waals surface area contributed by atoms with Gasteiger partial charge in [0.15, 0.2) is 0 Å². The predicted octanol–water partition coefficient (Wildman–Crippen LogP) is 4.54. The van der Waals surface area contributed by atoms with Gasteiger partial charge in [0.1, 0.15) is 0 Å². The Morgan fingerprint density at radius 2 is 1.25 bits per heavy atom. The van der Waals surface area contributed by atoms with Gasteiger partial charge in [-0.2, -0.15) is 0 Å². The van der Waals surface area contributed by atoms with E-state index in [9.17, 15) is 0 Å². The van der Waals surface area contributed by atoms with Gasteiger partial charge >= 0.3 is 0 Å². The first-order valence-corrected chi connectivity index (χ1v) is 11.0. The molecule has 170 valence electrons. The van der Waals surface area contributed by atoms with E-state index in [2.05, 4.69) is 79.9 Å². The van der Waals surface area contributed by atoms with Crippen molar-refractivity contribution in [3.8, 4) is 0 Å². The lowest BCUT2D eigenvalue weighted by atomic mass is 9.91. The van der Waals surface area contributed by atoms with Crippen molar-refractivity contribution in [1.82, 2.24) is 10.6 Å². The van der Waals surface area contributed by atoms with Crippen LogP contribution in [0.4, 0.5) is 0 Å². The minimum Gasteiger partial charge on any atom is -0.378 e. The van der Waals surface area contributed by atoms with E-state index in [4.69, 9.17) is 14.2 Å². The van der Waals surface area contributed by atoms with Crippen LogP contribution >= 0.6 is 0 Å². The summed E-state index contributed by atoms with van der Waals surface area (Å²) in [5.74, 6) is 0. The average molecular weight is 403 g/mol. The molecule has 2 N–H and O–H groups in total. The Kier molecular flexibility index (Phi) is 12.4. The summed E-state index contributed by atoms with van der Waals surface area (Å²) >= 11 is 0. The van der Waals surface area contributed by atoms with Crippen molar-refractivity contribution < 1.29 is 14.2 Å². The van der Waals surface area contributed by atoms with E-state index in [1.165, 1.54) is 0 Å². The molecule has 0 aliphatic heterocycles. The van der Waals surface area contributed by atoms with E-state index in [0.29, 0.717) is 19.8 Å². The molecule has 0 aromatic heterocycles. The molecule has 0 saturated heterocycles. The van der Waals surface area contributed by atoms with Crippen molar-refractivity contribution in [2.24, 2.45) is 0 Å². The molecule has 0 bridgehead atoms. The molecule has 28 heavy (non-hydrogen) atoms. The van der Waals surface area contributed by atoms with Crippen LogP contribution in [0.15, 0.2) is 0 Å². The number of rotatable bonds is 15. The normalized spacial score (nSPS) is 13.9. The highest BCUT2D eigenvalue weighted by Gasteiger charge is 2.24. The van der Waals surface area contributed by atoms with Crippen molar-refractivity contribution in [2.75, 3.05) is 39.5 Å². The lowest BCUT2D eigenvalue weighted by Gasteiger charge is -2.32. The second kappa shape index (κ2) is 12.5. The van der Waals surface area contributed by atoms with Gasteiger partial charge in [-0.15, -0.1) is 0 Å². The summed E-state index contributed by atoms with van der Waals surface area (Å²) in [5, 5.41) is 7.10. The molecule has 5 nitrogen and oxygen atoms in total. The molecule has 0 heterocycles. The Morgan fingerprint density at radius 1 is 0.607 bits per heavy atom. The van der Waals surface area contributed by atoms with Crippen LogP contribution < -0.4 is 10.6 Å². The Morgan fingerprint density at radius 3 is 1.82 bits per heavy atom. The van der Waals surface area contributed by atoms with Crippen molar-refractivity contribution in [1.29, 1.82) is 0 Å². The third-order valence-electron chi connectivity index (χ3n) is 4.43. The molecule has 0 unspecified atom stereocenters. The maximum atomic E-state index is 6.13. The summed E-state index contributed by atoms with van der Waals surface area (Å²) in [4.78, 5) is 0. The minimum absolute atomic E-state index is 0.0691. The lowest BCUT2D eigenvalue weighted by molar-refractivity contribution is -0.0359. The molecule has 0 aromatic rings. The Bertz CT molecular complexity index is 396. The summed E-state index contributed by atoms with van der Waals surface area (Å²) in [5.41, 5.74) is 0.0529. The largest absolute Gasteiger partial charge is 0.378 e. The van der Waals surface area contributed by atoms with Gasteiger partial charge in [-0.25, -0.2) is 0 Å². The molecule has 0 aliphatic carbocycles. The molecular weight excluding hydrogens is 352 g/mol. The summed E-state index contributed by atoms with van der Waals surface area (Å²) in [7, 11) is 0. The van der Waals surface area contributed by atoms with Gasteiger partial charge in [0.25, 0.3) is 0 Å². The molecule has 0 atom stereocenters. The number of hydrogen-bond donors (Lipinski definition) is 2. The SMILES string of the molecule is CC(C)(C)NCCCOC(C)(C)CCC(C)(C)NCCOCCOC(C)(C)C. The van der Waals surface area contributed by atoms with E-state index in [0.717, 1.165) is 39.0 Å². The fraction of sp³-hybridized carbons (Fsp3) is 1.00. The zero-order valence-electron chi connectivity index (χ0n) is 20.6. The first kappa shape index (κ1) is 27.8. The van der Waals surface area contributed by atoms with Gasteiger partial charge in [-0.3, -0.25) is 0 Å². The first-order valence-electron chi connectivity index (χ1n) is 11.0. The van der Waals surface area contributed by atoms with Crippen molar-refractivity contribution in [2.45, 2.75) is 111 Å². The van der Waals surface area contributed by atoms with Gasteiger partial charge in [0, 0.05) is 24.2 Å². The average Bonchev–Trinajstić information content (AvgIpc) is 2.50. The molecule has 0 aromatic carbocycles. The molecule has 0 saturated carbocycles. The standard InChI is InChI=1S/C23H50N2O3/c1-20(2,3)24-14-11-16-28-23(9,10)13-12-22(7,8)25-15-17-26-18-19-27-21(4,5)6/h24-25H,11-19H2,1-10H3. The maximum absolute atomic E-state index is 6.13. The first-order chi connectivity index (χ1) is 12.6. The number of hydrogen-bond acceptors (Lipinski definition) is 5. The van der Waals surface area contributed by atoms with Crippen LogP contribution in [0, 0.1) is 0 Å². The molecule has 0 rings (SSSR count). The molecule has 0 spiro atoms. The van der Waals surface area contributed by atoms with Crippen molar-refractivity contribution in [3.63, 3.8) is 0 Å². The monoisotopic (exact) mass is 402 g/mol. The fourth-order valence-electron chi connectivity index (χ4n) is 2.63. The quantitative estimate of drug-likeness (QED) is 0.394. The van der Waals surface area contributed by atoms with Crippen LogP contribution in [0.2, 0.25) is 0 Å². The van der Waals surface area contributed by atoms with E-state index in [1.54, 1.807) is 0 Å². The molecule has 0 amide bonds. The third kappa shape index (κ3) is 19.1. The van der Waals surface area contributed by atoms with E-state index in [-0.39, 0.29) is 22.3 Å². The molecular formula is C23H50N2O3. The fourth-order valence-corrected chi connectivity index (χ4v) is 2.63. The summed E-state index contributed by atoms with van der Waals surface area (Å²) in [6, 6.07) is 0. The molecule has 0 fully saturated rings. The second-order valence-corrected chi connectivity index (χ2v) is 11.0. The highest BCUT2D eigenvalue weighted by Crippen LogP contribution is 2.22. The minimum atomic E-state index is -0.0958. The zero-order chi connectivity index (χ0) is 21.9. The van der Waals surface area contributed by atoms with Crippen molar-refractivity contribution in [3.05, 3.63) is 0 Å². The highest BCUT2D eigenvalue weighted by atomic mass is 16.5. The smallest absolute Gasteiger partial charge is 0.0707 e. The maximum Gasteiger partial charge on any atom is 0.0707 e. The Balaban J connectivity index is 3.85. The summed E-state index contributed by atoms with van der Waals surface area (Å²) in [6.07, 6.45) is 3.13. The van der Waals surface area contributed by atoms with Gasteiger partial charge in [-0.05, 0) is 95.0 Å². The lowest BCUT2D eigenvalue weighted by Crippen LogP contribution is -2.43. The van der Waals surface area contributed by atoms with Gasteiger partial charge in [0.05, 0.1) is 31.0 Å². The second-order valence-electron chi connectivity index (χ2n) is 11.0. The summed E-state index contributed by atoms with van der Waals surface area (Å²) in [6.45, 7) is 26.3. The molecule has 0 aliphatic rings. The van der Waals surface area contributed by atoms with E-state index < -0.39 is 0 Å². The zero-order valence-corrected chi connectivity index (χ0v) is 20.6. The van der Waals surface area contributed by atoms with Crippen LogP contribution in [-0.2, 0) is 14.2 Å². The molecule has 5 heteroatoms. The van der Waals surface area contributed by atoms with Crippen LogP contribution in [0.1, 0.15) is 88.5 Å². The Hall–Kier alpha value is -0.200. The highest BCUT2D eigenvalue weighted by molar-refractivity contribution is 4.82. The summed E-state index contributed by atoms with van der Waals surface area (Å²) < 4.78 is 17.4. The van der Waals surface area contributed by atoms with Gasteiger partial charge in [-0.1, -0.05) is 0 Å². The topological polar surface area (TPSA) is 51.8 Å². The van der Waals surface area contributed by atoms with Crippen molar-refractivity contribution >= 4 is 0 Å². The third-order valence-corrected chi connectivity index (χ3v) is 4.43. The number of nitrogens with one attached hydrogen (secondary N) is 2. The van der Waals surface area contributed by atoms with Crippen LogP contribution in [0.5, 0.6) is 0 Å². The van der Waals surface area contributed by atoms with Gasteiger partial charge in [0.2, 0.25) is 0 Å². The molecule has 0 radical (unpaired) electrons. The van der Waals surface area contributed by atoms with Crippen LogP contribution in [0.25, 0.3) is 0 Å². The van der Waals surface area contributed by atoms with E-state index in [1.807, 2.05) is 0 Å².